The number of piperidine rings is 1. The highest BCUT2D eigenvalue weighted by Gasteiger charge is 2.26. The number of likely N-dealkylation sites (tertiary alicyclic amines) is 1. The molecule has 4 rings (SSSR count). The first-order valence-corrected chi connectivity index (χ1v) is 9.37. The van der Waals surface area contributed by atoms with E-state index in [1.165, 1.54) is 24.0 Å². The summed E-state index contributed by atoms with van der Waals surface area (Å²) >= 11 is 0. The normalized spacial score (nSPS) is 19.7. The Bertz CT molecular complexity index is 786. The van der Waals surface area contributed by atoms with Crippen LogP contribution < -0.4 is 0 Å². The molecular formula is C21H25N3O. The lowest BCUT2D eigenvalue weighted by Crippen LogP contribution is -2.40. The molecule has 0 radical (unpaired) electrons. The number of hydrogen-bond donors (Lipinski definition) is 0. The van der Waals surface area contributed by atoms with Crippen LogP contribution in [0.3, 0.4) is 0 Å². The summed E-state index contributed by atoms with van der Waals surface area (Å²) in [6.45, 7) is 3.56. The van der Waals surface area contributed by atoms with E-state index in [4.69, 9.17) is 0 Å². The molecule has 1 aromatic heterocycles. The minimum Gasteiger partial charge on any atom is -0.342 e. The highest BCUT2D eigenvalue weighted by molar-refractivity contribution is 5.79. The molecule has 25 heavy (non-hydrogen) atoms. The largest absolute Gasteiger partial charge is 0.342 e. The average molecular weight is 335 g/mol. The zero-order chi connectivity index (χ0) is 17.2. The first-order valence-electron chi connectivity index (χ1n) is 9.37. The van der Waals surface area contributed by atoms with Gasteiger partial charge in [-0.25, -0.2) is 9.97 Å². The van der Waals surface area contributed by atoms with Gasteiger partial charge in [0.15, 0.2) is 0 Å². The van der Waals surface area contributed by atoms with E-state index < -0.39 is 0 Å². The van der Waals surface area contributed by atoms with Crippen LogP contribution in [0.2, 0.25) is 0 Å². The lowest BCUT2D eigenvalue weighted by molar-refractivity contribution is -0.131. The van der Waals surface area contributed by atoms with Gasteiger partial charge in [-0.15, -0.1) is 0 Å². The smallest absolute Gasteiger partial charge is 0.227 e. The summed E-state index contributed by atoms with van der Waals surface area (Å²) < 4.78 is 0. The standard InChI is InChI=1S/C21H25N3O/c1-15-22-10-9-20(23-15)19-6-3-11-24(14-19)21(25)13-16-7-8-17-4-2-5-18(17)12-16/h7-10,12,19H,2-6,11,13-14H2,1H3/t19-/m0/s1. The topological polar surface area (TPSA) is 46.1 Å². The molecule has 1 aromatic carbocycles. The Kier molecular flexibility index (Phi) is 4.51. The Morgan fingerprint density at radius 1 is 1.20 bits per heavy atom. The van der Waals surface area contributed by atoms with E-state index >= 15 is 0 Å². The van der Waals surface area contributed by atoms with Crippen LogP contribution in [-0.2, 0) is 24.1 Å². The Balaban J connectivity index is 1.43. The fourth-order valence-electron chi connectivity index (χ4n) is 4.17. The predicted molar refractivity (Wildman–Crippen MR) is 97.5 cm³/mol. The third-order valence-electron chi connectivity index (χ3n) is 5.51. The molecule has 0 unspecified atom stereocenters. The van der Waals surface area contributed by atoms with E-state index in [-0.39, 0.29) is 5.91 Å². The molecular weight excluding hydrogens is 310 g/mol. The molecule has 2 aromatic rings. The number of carbonyl (C=O) groups excluding carboxylic acids is 1. The van der Waals surface area contributed by atoms with Crippen molar-refractivity contribution in [2.24, 2.45) is 0 Å². The summed E-state index contributed by atoms with van der Waals surface area (Å²) in [7, 11) is 0. The zero-order valence-corrected chi connectivity index (χ0v) is 14.9. The second-order valence-electron chi connectivity index (χ2n) is 7.34. The summed E-state index contributed by atoms with van der Waals surface area (Å²) in [4.78, 5) is 23.6. The summed E-state index contributed by atoms with van der Waals surface area (Å²) in [5.41, 5.74) is 5.14. The number of rotatable bonds is 3. The molecule has 1 fully saturated rings. The summed E-state index contributed by atoms with van der Waals surface area (Å²) in [5.74, 6) is 1.38. The van der Waals surface area contributed by atoms with Crippen molar-refractivity contribution in [3.8, 4) is 0 Å². The summed E-state index contributed by atoms with van der Waals surface area (Å²) in [5, 5.41) is 0. The van der Waals surface area contributed by atoms with Gasteiger partial charge in [0.25, 0.3) is 0 Å². The minimum atomic E-state index is 0.244. The molecule has 2 aliphatic rings. The van der Waals surface area contributed by atoms with Crippen LogP contribution in [0.4, 0.5) is 0 Å². The van der Waals surface area contributed by atoms with Crippen LogP contribution in [0.1, 0.15) is 53.4 Å². The van der Waals surface area contributed by atoms with Gasteiger partial charge in [0.05, 0.1) is 6.42 Å². The fourth-order valence-corrected chi connectivity index (χ4v) is 4.17. The van der Waals surface area contributed by atoms with Gasteiger partial charge >= 0.3 is 0 Å². The number of nitrogens with zero attached hydrogens (tertiary/aromatic N) is 3. The molecule has 0 spiro atoms. The quantitative estimate of drug-likeness (QED) is 0.865. The van der Waals surface area contributed by atoms with Crippen LogP contribution in [0, 0.1) is 6.92 Å². The van der Waals surface area contributed by atoms with E-state index in [9.17, 15) is 4.79 Å². The van der Waals surface area contributed by atoms with Crippen LogP contribution in [0.15, 0.2) is 30.5 Å². The molecule has 0 saturated carbocycles. The maximum absolute atomic E-state index is 12.8. The number of carbonyl (C=O) groups is 1. The van der Waals surface area contributed by atoms with Crippen molar-refractivity contribution in [1.82, 2.24) is 14.9 Å². The maximum atomic E-state index is 12.8. The maximum Gasteiger partial charge on any atom is 0.227 e. The van der Waals surface area contributed by atoms with Gasteiger partial charge in [-0.3, -0.25) is 4.79 Å². The number of aromatic nitrogens is 2. The first-order chi connectivity index (χ1) is 12.2. The molecule has 4 heteroatoms. The second-order valence-corrected chi connectivity index (χ2v) is 7.34. The third-order valence-corrected chi connectivity index (χ3v) is 5.51. The van der Waals surface area contributed by atoms with E-state index in [0.29, 0.717) is 12.3 Å². The van der Waals surface area contributed by atoms with Crippen LogP contribution in [0.25, 0.3) is 0 Å². The van der Waals surface area contributed by atoms with Crippen LogP contribution >= 0.6 is 0 Å². The lowest BCUT2D eigenvalue weighted by atomic mass is 9.94. The van der Waals surface area contributed by atoms with Gasteiger partial charge < -0.3 is 4.90 Å². The molecule has 4 nitrogen and oxygen atoms in total. The van der Waals surface area contributed by atoms with Gasteiger partial charge in [-0.05, 0) is 61.8 Å². The Hall–Kier alpha value is -2.23. The van der Waals surface area contributed by atoms with Crippen molar-refractivity contribution in [3.05, 3.63) is 58.7 Å². The van der Waals surface area contributed by atoms with Gasteiger partial charge in [0, 0.05) is 30.9 Å². The van der Waals surface area contributed by atoms with E-state index in [0.717, 1.165) is 49.4 Å². The summed E-state index contributed by atoms with van der Waals surface area (Å²) in [6.07, 6.45) is 8.08. The van der Waals surface area contributed by atoms with Gasteiger partial charge in [-0.1, -0.05) is 18.2 Å². The molecule has 1 aliphatic carbocycles. The zero-order valence-electron chi connectivity index (χ0n) is 14.9. The molecule has 0 N–H and O–H groups in total. The van der Waals surface area contributed by atoms with Crippen molar-refractivity contribution in [2.75, 3.05) is 13.1 Å². The SMILES string of the molecule is Cc1nccc([C@H]2CCCN(C(=O)Cc3ccc4c(c3)CCC4)C2)n1. The van der Waals surface area contributed by atoms with Crippen molar-refractivity contribution in [1.29, 1.82) is 0 Å². The van der Waals surface area contributed by atoms with Gasteiger partial charge in [0.1, 0.15) is 5.82 Å². The summed E-state index contributed by atoms with van der Waals surface area (Å²) in [6, 6.07) is 8.59. The third kappa shape index (κ3) is 3.58. The predicted octanol–water partition coefficient (Wildman–Crippen LogP) is 3.22. The molecule has 1 aliphatic heterocycles. The number of benzene rings is 1. The minimum absolute atomic E-state index is 0.244. The van der Waals surface area contributed by atoms with Crippen molar-refractivity contribution in [2.45, 2.75) is 51.4 Å². The van der Waals surface area contributed by atoms with E-state index in [2.05, 4.69) is 28.2 Å². The Morgan fingerprint density at radius 3 is 2.96 bits per heavy atom. The Labute approximate surface area is 149 Å². The van der Waals surface area contributed by atoms with Gasteiger partial charge in [-0.2, -0.15) is 0 Å². The molecule has 130 valence electrons. The van der Waals surface area contributed by atoms with E-state index in [1.54, 1.807) is 0 Å². The van der Waals surface area contributed by atoms with Crippen LogP contribution in [-0.4, -0.2) is 33.9 Å². The fraction of sp³-hybridized carbons (Fsp3) is 0.476. The molecule has 0 bridgehead atoms. The number of fused-ring (bicyclic) bond motifs is 1. The monoisotopic (exact) mass is 335 g/mol. The first kappa shape index (κ1) is 16.2. The molecule has 1 amide bonds. The average Bonchev–Trinajstić information content (AvgIpc) is 3.09. The lowest BCUT2D eigenvalue weighted by Gasteiger charge is -2.32. The van der Waals surface area contributed by atoms with Crippen LogP contribution in [0.5, 0.6) is 0 Å². The highest BCUT2D eigenvalue weighted by Crippen LogP contribution is 2.27. The van der Waals surface area contributed by atoms with Crippen molar-refractivity contribution >= 4 is 5.91 Å². The van der Waals surface area contributed by atoms with Crippen molar-refractivity contribution in [3.63, 3.8) is 0 Å². The van der Waals surface area contributed by atoms with E-state index in [1.807, 2.05) is 24.1 Å². The number of aryl methyl sites for hydroxylation is 3. The molecule has 1 saturated heterocycles. The highest BCUT2D eigenvalue weighted by atomic mass is 16.2. The molecule has 1 atom stereocenters. The Morgan fingerprint density at radius 2 is 2.08 bits per heavy atom. The number of amides is 1. The number of hydrogen-bond acceptors (Lipinski definition) is 3. The second kappa shape index (κ2) is 6.95. The van der Waals surface area contributed by atoms with Gasteiger partial charge in [0.2, 0.25) is 5.91 Å². The molecule has 2 heterocycles. The van der Waals surface area contributed by atoms with Crippen molar-refractivity contribution < 1.29 is 4.79 Å².